The lowest BCUT2D eigenvalue weighted by Gasteiger charge is -2.29. The molecule has 0 aliphatic carbocycles. The second-order valence-corrected chi connectivity index (χ2v) is 4.06. The Kier molecular flexibility index (Phi) is 2.93. The first kappa shape index (κ1) is 9.12. The molecule has 0 aromatic carbocycles. The van der Waals surface area contributed by atoms with Crippen molar-refractivity contribution < 1.29 is 4.74 Å². The Hall–Kier alpha value is -0.450. The summed E-state index contributed by atoms with van der Waals surface area (Å²) in [5, 5.41) is 2.05. The van der Waals surface area contributed by atoms with Gasteiger partial charge < -0.3 is 10.5 Å². The van der Waals surface area contributed by atoms with Crippen molar-refractivity contribution in [2.24, 2.45) is 11.7 Å². The Morgan fingerprint density at radius 1 is 1.69 bits per heavy atom. The van der Waals surface area contributed by atoms with Crippen LogP contribution in [0.1, 0.15) is 24.6 Å². The molecule has 1 fully saturated rings. The van der Waals surface area contributed by atoms with Crippen LogP contribution in [-0.4, -0.2) is 18.1 Å². The number of rotatable bonds is 2. The lowest BCUT2D eigenvalue weighted by molar-refractivity contribution is -0.0273. The second kappa shape index (κ2) is 4.17. The van der Waals surface area contributed by atoms with Gasteiger partial charge in [-0.1, -0.05) is 0 Å². The van der Waals surface area contributed by atoms with Crippen LogP contribution < -0.4 is 5.73 Å². The topological polar surface area (TPSA) is 48.1 Å². The maximum Gasteiger partial charge on any atom is 0.104 e. The molecule has 0 saturated carbocycles. The third kappa shape index (κ3) is 1.90. The molecule has 0 spiro atoms. The van der Waals surface area contributed by atoms with Crippen molar-refractivity contribution in [2.45, 2.75) is 18.9 Å². The lowest BCUT2D eigenvalue weighted by atomic mass is 9.93. The van der Waals surface area contributed by atoms with E-state index in [4.69, 9.17) is 10.5 Å². The molecule has 2 N–H and O–H groups in total. The van der Waals surface area contributed by atoms with E-state index in [2.05, 4.69) is 10.4 Å². The van der Waals surface area contributed by atoms with Gasteiger partial charge in [-0.25, -0.2) is 4.98 Å². The average molecular weight is 198 g/mol. The molecule has 0 bridgehead atoms. The zero-order chi connectivity index (χ0) is 9.10. The molecule has 0 amide bonds. The van der Waals surface area contributed by atoms with Crippen LogP contribution in [0.4, 0.5) is 0 Å². The molecular formula is C9H14N2OS. The molecular weight excluding hydrogens is 184 g/mol. The van der Waals surface area contributed by atoms with Gasteiger partial charge in [-0.3, -0.25) is 0 Å². The molecule has 2 rings (SSSR count). The highest BCUT2D eigenvalue weighted by atomic mass is 32.1. The summed E-state index contributed by atoms with van der Waals surface area (Å²) in [6.45, 7) is 1.54. The Balaban J connectivity index is 2.11. The molecule has 4 heteroatoms. The van der Waals surface area contributed by atoms with E-state index in [1.807, 2.05) is 5.51 Å². The summed E-state index contributed by atoms with van der Waals surface area (Å²) in [4.78, 5) is 4.28. The molecule has 1 aromatic rings. The minimum Gasteiger partial charge on any atom is -0.372 e. The molecule has 1 saturated heterocycles. The maximum atomic E-state index is 5.70. The molecule has 72 valence electrons. The monoisotopic (exact) mass is 198 g/mol. The van der Waals surface area contributed by atoms with E-state index >= 15 is 0 Å². The van der Waals surface area contributed by atoms with E-state index in [9.17, 15) is 0 Å². The van der Waals surface area contributed by atoms with Crippen molar-refractivity contribution in [2.75, 3.05) is 13.2 Å². The van der Waals surface area contributed by atoms with Crippen LogP contribution in [-0.2, 0) is 4.74 Å². The zero-order valence-corrected chi connectivity index (χ0v) is 8.30. The van der Waals surface area contributed by atoms with Crippen LogP contribution in [0.3, 0.4) is 0 Å². The van der Waals surface area contributed by atoms with Crippen molar-refractivity contribution >= 4 is 11.3 Å². The molecule has 3 nitrogen and oxygen atoms in total. The van der Waals surface area contributed by atoms with Crippen LogP contribution in [0.15, 0.2) is 10.9 Å². The summed E-state index contributed by atoms with van der Waals surface area (Å²) in [7, 11) is 0. The fourth-order valence-corrected chi connectivity index (χ4v) is 2.35. The summed E-state index contributed by atoms with van der Waals surface area (Å²) in [6, 6.07) is 0. The van der Waals surface area contributed by atoms with Gasteiger partial charge in [0.2, 0.25) is 0 Å². The minimum absolute atomic E-state index is 0.144. The first-order valence-electron chi connectivity index (χ1n) is 4.61. The van der Waals surface area contributed by atoms with Crippen LogP contribution in [0.25, 0.3) is 0 Å². The van der Waals surface area contributed by atoms with Gasteiger partial charge in [0.1, 0.15) is 6.10 Å². The van der Waals surface area contributed by atoms with E-state index in [0.29, 0.717) is 12.5 Å². The SMILES string of the molecule is NCC1CCCOC1c1cscn1. The quantitative estimate of drug-likeness (QED) is 0.784. The third-order valence-electron chi connectivity index (χ3n) is 2.49. The Morgan fingerprint density at radius 3 is 3.31 bits per heavy atom. The molecule has 13 heavy (non-hydrogen) atoms. The molecule has 1 aliphatic rings. The largest absolute Gasteiger partial charge is 0.372 e. The van der Waals surface area contributed by atoms with Crippen molar-refractivity contribution in [3.63, 3.8) is 0 Å². The Labute approximate surface area is 81.9 Å². The fraction of sp³-hybridized carbons (Fsp3) is 0.667. The molecule has 1 aliphatic heterocycles. The van der Waals surface area contributed by atoms with E-state index in [1.165, 1.54) is 6.42 Å². The van der Waals surface area contributed by atoms with Gasteiger partial charge in [0.05, 0.1) is 11.2 Å². The Bertz CT molecular complexity index is 250. The van der Waals surface area contributed by atoms with Crippen molar-refractivity contribution in [3.8, 4) is 0 Å². The first-order chi connectivity index (χ1) is 6.42. The number of thiazole rings is 1. The second-order valence-electron chi connectivity index (χ2n) is 3.34. The zero-order valence-electron chi connectivity index (χ0n) is 7.48. The smallest absolute Gasteiger partial charge is 0.104 e. The summed E-state index contributed by atoms with van der Waals surface area (Å²) >= 11 is 1.61. The standard InChI is InChI=1S/C9H14N2OS/c10-4-7-2-1-3-12-9(7)8-5-13-6-11-8/h5-7,9H,1-4,10H2. The van der Waals surface area contributed by atoms with Gasteiger partial charge in [-0.05, 0) is 19.4 Å². The van der Waals surface area contributed by atoms with Crippen molar-refractivity contribution in [3.05, 3.63) is 16.6 Å². The van der Waals surface area contributed by atoms with Crippen LogP contribution in [0, 0.1) is 5.92 Å². The van der Waals surface area contributed by atoms with Gasteiger partial charge in [-0.2, -0.15) is 0 Å². The summed E-state index contributed by atoms with van der Waals surface area (Å²) < 4.78 is 5.69. The van der Waals surface area contributed by atoms with Gasteiger partial charge in [0, 0.05) is 17.9 Å². The third-order valence-corrected chi connectivity index (χ3v) is 3.10. The molecule has 0 radical (unpaired) electrons. The highest BCUT2D eigenvalue weighted by Gasteiger charge is 2.27. The average Bonchev–Trinajstić information content (AvgIpc) is 2.70. The Morgan fingerprint density at radius 2 is 2.62 bits per heavy atom. The molecule has 2 heterocycles. The number of hydrogen-bond acceptors (Lipinski definition) is 4. The van der Waals surface area contributed by atoms with E-state index in [1.54, 1.807) is 11.3 Å². The highest BCUT2D eigenvalue weighted by molar-refractivity contribution is 7.07. The predicted molar refractivity (Wildman–Crippen MR) is 52.6 cm³/mol. The number of aromatic nitrogens is 1. The van der Waals surface area contributed by atoms with Crippen LogP contribution in [0.5, 0.6) is 0 Å². The number of nitrogens with two attached hydrogens (primary N) is 1. The number of ether oxygens (including phenoxy) is 1. The number of hydrogen-bond donors (Lipinski definition) is 1. The fourth-order valence-electron chi connectivity index (χ4n) is 1.77. The van der Waals surface area contributed by atoms with Crippen molar-refractivity contribution in [1.82, 2.24) is 4.98 Å². The lowest BCUT2D eigenvalue weighted by Crippen LogP contribution is -2.28. The van der Waals surface area contributed by atoms with Crippen molar-refractivity contribution in [1.29, 1.82) is 0 Å². The predicted octanol–water partition coefficient (Wildman–Crippen LogP) is 1.57. The van der Waals surface area contributed by atoms with Gasteiger partial charge in [0.15, 0.2) is 0 Å². The summed E-state index contributed by atoms with van der Waals surface area (Å²) in [6.07, 6.45) is 2.44. The van der Waals surface area contributed by atoms with Gasteiger partial charge in [0.25, 0.3) is 0 Å². The minimum atomic E-state index is 0.144. The molecule has 2 atom stereocenters. The van der Waals surface area contributed by atoms with E-state index in [0.717, 1.165) is 18.7 Å². The maximum absolute atomic E-state index is 5.70. The summed E-state index contributed by atoms with van der Waals surface area (Å²) in [5.74, 6) is 0.454. The number of nitrogens with zero attached hydrogens (tertiary/aromatic N) is 1. The highest BCUT2D eigenvalue weighted by Crippen LogP contribution is 2.32. The van der Waals surface area contributed by atoms with E-state index in [-0.39, 0.29) is 6.10 Å². The molecule has 1 aromatic heterocycles. The first-order valence-corrected chi connectivity index (χ1v) is 5.56. The normalized spacial score (nSPS) is 29.0. The van der Waals surface area contributed by atoms with Crippen LogP contribution >= 0.6 is 11.3 Å². The van der Waals surface area contributed by atoms with Crippen LogP contribution in [0.2, 0.25) is 0 Å². The molecule has 2 unspecified atom stereocenters. The van der Waals surface area contributed by atoms with Gasteiger partial charge >= 0.3 is 0 Å². The summed E-state index contributed by atoms with van der Waals surface area (Å²) in [5.41, 5.74) is 8.60. The van der Waals surface area contributed by atoms with Gasteiger partial charge in [-0.15, -0.1) is 11.3 Å². The van der Waals surface area contributed by atoms with E-state index < -0.39 is 0 Å².